The van der Waals surface area contributed by atoms with Crippen LogP contribution in [-0.4, -0.2) is 16.3 Å². The van der Waals surface area contributed by atoms with Crippen molar-refractivity contribution in [1.82, 2.24) is 4.57 Å². The van der Waals surface area contributed by atoms with Crippen molar-refractivity contribution < 1.29 is 18.7 Å². The molecule has 0 saturated heterocycles. The Labute approximate surface area is 125 Å². The molecule has 1 aromatic carbocycles. The van der Waals surface area contributed by atoms with Crippen molar-refractivity contribution in [3.05, 3.63) is 39.3 Å². The van der Waals surface area contributed by atoms with Crippen LogP contribution in [0.2, 0.25) is 5.02 Å². The average Bonchev–Trinajstić information content (AvgIpc) is 2.69. The fourth-order valence-electron chi connectivity index (χ4n) is 1.93. The normalized spacial score (nSPS) is 11.1. The Morgan fingerprint density at radius 1 is 1.48 bits per heavy atom. The van der Waals surface area contributed by atoms with Gasteiger partial charge in [-0.05, 0) is 13.0 Å². The second-order valence-electron chi connectivity index (χ2n) is 4.71. The Balaban J connectivity index is 2.67. The lowest BCUT2D eigenvalue weighted by atomic mass is 10.2. The van der Waals surface area contributed by atoms with E-state index in [2.05, 4.69) is 0 Å². The number of aromatic hydroxyl groups is 1. The van der Waals surface area contributed by atoms with E-state index in [9.17, 15) is 14.3 Å². The lowest BCUT2D eigenvalue weighted by Crippen LogP contribution is -2.13. The van der Waals surface area contributed by atoms with Crippen LogP contribution < -0.4 is 10.5 Å². The number of oxazole rings is 1. The van der Waals surface area contributed by atoms with Gasteiger partial charge in [0.05, 0.1) is 17.3 Å². The summed E-state index contributed by atoms with van der Waals surface area (Å²) in [4.78, 5) is 11.9. The molecular weight excluding hydrogens is 301 g/mol. The van der Waals surface area contributed by atoms with E-state index in [0.717, 1.165) is 10.6 Å². The van der Waals surface area contributed by atoms with Crippen LogP contribution in [0.25, 0.3) is 5.69 Å². The number of ether oxygens (including phenoxy) is 1. The molecule has 0 saturated carbocycles. The van der Waals surface area contributed by atoms with E-state index in [0.29, 0.717) is 6.61 Å². The summed E-state index contributed by atoms with van der Waals surface area (Å²) >= 11 is 5.86. The predicted octanol–water partition coefficient (Wildman–Crippen LogP) is 3.45. The maximum absolute atomic E-state index is 14.1. The van der Waals surface area contributed by atoms with E-state index in [1.807, 2.05) is 0 Å². The van der Waals surface area contributed by atoms with Crippen molar-refractivity contribution in [2.24, 2.45) is 0 Å². The number of nitrogens with zero attached hydrogens (tertiary/aromatic N) is 1. The molecule has 0 aliphatic rings. The molecule has 2 rings (SSSR count). The van der Waals surface area contributed by atoms with Gasteiger partial charge in [-0.2, -0.15) is 0 Å². The molecule has 114 valence electrons. The number of benzene rings is 1. The minimum Gasteiger partial charge on any atom is -0.492 e. The number of hydrogen-bond donors (Lipinski definition) is 1. The van der Waals surface area contributed by atoms with Crippen molar-refractivity contribution >= 4 is 11.6 Å². The van der Waals surface area contributed by atoms with Crippen LogP contribution in [0.1, 0.15) is 32.4 Å². The Morgan fingerprint density at radius 2 is 2.14 bits per heavy atom. The quantitative estimate of drug-likeness (QED) is 0.938. The van der Waals surface area contributed by atoms with Gasteiger partial charge < -0.3 is 14.3 Å². The lowest BCUT2D eigenvalue weighted by Gasteiger charge is -2.10. The molecule has 21 heavy (non-hydrogen) atoms. The Kier molecular flexibility index (Phi) is 4.27. The van der Waals surface area contributed by atoms with Crippen LogP contribution in [0, 0.1) is 5.82 Å². The van der Waals surface area contributed by atoms with Crippen LogP contribution in [0.4, 0.5) is 4.39 Å². The third-order valence-electron chi connectivity index (χ3n) is 2.88. The summed E-state index contributed by atoms with van der Waals surface area (Å²) in [6, 6.07) is 2.28. The molecule has 1 N–H and O–H groups in total. The van der Waals surface area contributed by atoms with E-state index in [1.165, 1.54) is 6.07 Å². The maximum Gasteiger partial charge on any atom is 0.426 e. The predicted molar refractivity (Wildman–Crippen MR) is 76.2 cm³/mol. The first-order valence-electron chi connectivity index (χ1n) is 6.43. The molecule has 0 radical (unpaired) electrons. The molecule has 0 aliphatic heterocycles. The summed E-state index contributed by atoms with van der Waals surface area (Å²) in [6.45, 7) is 5.56. The molecule has 5 nitrogen and oxygen atoms in total. The standard InChI is InChI=1S/C14H15ClFNO4/c1-4-20-11-6-10(9(16)5-8(11)15)17-13(18)12(7(2)3)21-14(17)19/h5-7,18H,4H2,1-3H3. The summed E-state index contributed by atoms with van der Waals surface area (Å²) in [5, 5.41) is 10.2. The van der Waals surface area contributed by atoms with Gasteiger partial charge in [-0.15, -0.1) is 0 Å². The molecule has 0 amide bonds. The molecule has 1 heterocycles. The zero-order valence-corrected chi connectivity index (χ0v) is 12.6. The molecule has 2 aromatic rings. The van der Waals surface area contributed by atoms with E-state index >= 15 is 0 Å². The van der Waals surface area contributed by atoms with E-state index < -0.39 is 17.5 Å². The van der Waals surface area contributed by atoms with Gasteiger partial charge in [-0.3, -0.25) is 0 Å². The zero-order valence-electron chi connectivity index (χ0n) is 11.8. The smallest absolute Gasteiger partial charge is 0.426 e. The maximum atomic E-state index is 14.1. The molecule has 7 heteroatoms. The minimum atomic E-state index is -0.875. The summed E-state index contributed by atoms with van der Waals surface area (Å²) < 4.78 is 25.1. The second kappa shape index (κ2) is 5.81. The first-order valence-corrected chi connectivity index (χ1v) is 6.81. The van der Waals surface area contributed by atoms with E-state index in [1.54, 1.807) is 20.8 Å². The van der Waals surface area contributed by atoms with Crippen LogP contribution in [-0.2, 0) is 0 Å². The first kappa shape index (κ1) is 15.4. The first-order chi connectivity index (χ1) is 9.86. The largest absolute Gasteiger partial charge is 0.492 e. The number of rotatable bonds is 4. The third kappa shape index (κ3) is 2.76. The van der Waals surface area contributed by atoms with Gasteiger partial charge in [-0.25, -0.2) is 13.8 Å². The topological polar surface area (TPSA) is 64.6 Å². The summed E-state index contributed by atoms with van der Waals surface area (Å²) in [5.41, 5.74) is -0.180. The molecule has 0 spiro atoms. The zero-order chi connectivity index (χ0) is 15.7. The summed E-state index contributed by atoms with van der Waals surface area (Å²) in [7, 11) is 0. The summed E-state index contributed by atoms with van der Waals surface area (Å²) in [6.07, 6.45) is 0. The SMILES string of the molecule is CCOc1cc(-n2c(O)c(C(C)C)oc2=O)c(F)cc1Cl. The average molecular weight is 316 g/mol. The summed E-state index contributed by atoms with van der Waals surface area (Å²) in [5.74, 6) is -1.99. The van der Waals surface area contributed by atoms with Crippen LogP contribution in [0.5, 0.6) is 11.6 Å². The number of aromatic nitrogens is 1. The van der Waals surface area contributed by atoms with Crippen molar-refractivity contribution in [3.8, 4) is 17.3 Å². The van der Waals surface area contributed by atoms with Gasteiger partial charge >= 0.3 is 5.76 Å². The fourth-order valence-corrected chi connectivity index (χ4v) is 2.13. The molecule has 0 bridgehead atoms. The Hall–Kier alpha value is -1.95. The third-order valence-corrected chi connectivity index (χ3v) is 3.17. The Morgan fingerprint density at radius 3 is 2.67 bits per heavy atom. The molecule has 0 atom stereocenters. The van der Waals surface area contributed by atoms with Gasteiger partial charge in [0.1, 0.15) is 11.6 Å². The van der Waals surface area contributed by atoms with E-state index in [4.69, 9.17) is 20.8 Å². The van der Waals surface area contributed by atoms with Crippen LogP contribution in [0.15, 0.2) is 21.3 Å². The molecule has 1 aromatic heterocycles. The van der Waals surface area contributed by atoms with Crippen molar-refractivity contribution in [2.75, 3.05) is 6.61 Å². The number of hydrogen-bond acceptors (Lipinski definition) is 4. The van der Waals surface area contributed by atoms with Crippen molar-refractivity contribution in [1.29, 1.82) is 0 Å². The Bertz CT molecular complexity index is 720. The van der Waals surface area contributed by atoms with E-state index in [-0.39, 0.29) is 28.1 Å². The van der Waals surface area contributed by atoms with Gasteiger partial charge in [-0.1, -0.05) is 25.4 Å². The second-order valence-corrected chi connectivity index (χ2v) is 5.12. The molecular formula is C14H15ClFNO4. The molecule has 0 unspecified atom stereocenters. The minimum absolute atomic E-state index is 0.0817. The van der Waals surface area contributed by atoms with Gasteiger partial charge in [0.15, 0.2) is 5.76 Å². The highest BCUT2D eigenvalue weighted by molar-refractivity contribution is 6.32. The number of halogens is 2. The van der Waals surface area contributed by atoms with Crippen molar-refractivity contribution in [2.45, 2.75) is 26.7 Å². The van der Waals surface area contributed by atoms with Crippen LogP contribution in [0.3, 0.4) is 0 Å². The monoisotopic (exact) mass is 315 g/mol. The molecule has 0 aliphatic carbocycles. The van der Waals surface area contributed by atoms with Gasteiger partial charge in [0.2, 0.25) is 5.88 Å². The van der Waals surface area contributed by atoms with Gasteiger partial charge in [0, 0.05) is 12.0 Å². The molecule has 0 fully saturated rings. The van der Waals surface area contributed by atoms with Crippen LogP contribution >= 0.6 is 11.6 Å². The highest BCUT2D eigenvalue weighted by Gasteiger charge is 2.23. The highest BCUT2D eigenvalue weighted by Crippen LogP contribution is 2.33. The van der Waals surface area contributed by atoms with Crippen molar-refractivity contribution in [3.63, 3.8) is 0 Å². The van der Waals surface area contributed by atoms with Gasteiger partial charge in [0.25, 0.3) is 0 Å². The fraction of sp³-hybridized carbons (Fsp3) is 0.357. The lowest BCUT2D eigenvalue weighted by molar-refractivity contribution is 0.339. The highest BCUT2D eigenvalue weighted by atomic mass is 35.5.